The molecule has 98 valence electrons. The maximum atomic E-state index is 11.6. The number of nitrogens with zero attached hydrogens (tertiary/aromatic N) is 1. The Bertz CT molecular complexity index is 585. The lowest BCUT2D eigenvalue weighted by atomic mass is 10.1. The van der Waals surface area contributed by atoms with Crippen molar-refractivity contribution in [1.82, 2.24) is 4.57 Å². The standard InChI is InChI=1S/C14H18ClNO2/c1-3-5-6-11(15)10-7-8-12-13(9-10)18-14(17)16(12)4-2/h7-9,11H,3-6H2,1-2H3. The predicted molar refractivity (Wildman–Crippen MR) is 74.3 cm³/mol. The molecule has 2 rings (SSSR count). The molecule has 3 nitrogen and oxygen atoms in total. The summed E-state index contributed by atoms with van der Waals surface area (Å²) in [6.45, 7) is 4.69. The fourth-order valence-corrected chi connectivity index (χ4v) is 2.42. The molecular weight excluding hydrogens is 250 g/mol. The summed E-state index contributed by atoms with van der Waals surface area (Å²) in [5.41, 5.74) is 2.49. The van der Waals surface area contributed by atoms with Crippen LogP contribution in [0.4, 0.5) is 0 Å². The van der Waals surface area contributed by atoms with Crippen molar-refractivity contribution in [2.24, 2.45) is 0 Å². The number of unbranched alkanes of at least 4 members (excludes halogenated alkanes) is 1. The van der Waals surface area contributed by atoms with Crippen LogP contribution in [0.3, 0.4) is 0 Å². The van der Waals surface area contributed by atoms with Crippen LogP contribution in [-0.2, 0) is 6.54 Å². The van der Waals surface area contributed by atoms with Crippen molar-refractivity contribution >= 4 is 22.7 Å². The van der Waals surface area contributed by atoms with Gasteiger partial charge >= 0.3 is 5.76 Å². The highest BCUT2D eigenvalue weighted by Crippen LogP contribution is 2.28. The first-order valence-corrected chi connectivity index (χ1v) is 6.88. The van der Waals surface area contributed by atoms with E-state index in [9.17, 15) is 4.79 Å². The van der Waals surface area contributed by atoms with Crippen LogP contribution >= 0.6 is 11.6 Å². The van der Waals surface area contributed by atoms with Gasteiger partial charge < -0.3 is 4.42 Å². The minimum Gasteiger partial charge on any atom is -0.408 e. The largest absolute Gasteiger partial charge is 0.419 e. The highest BCUT2D eigenvalue weighted by Gasteiger charge is 2.12. The van der Waals surface area contributed by atoms with Crippen LogP contribution in [-0.4, -0.2) is 4.57 Å². The average molecular weight is 268 g/mol. The molecule has 18 heavy (non-hydrogen) atoms. The molecule has 0 aliphatic carbocycles. The second-order valence-corrected chi connectivity index (χ2v) is 4.98. The fraction of sp³-hybridized carbons (Fsp3) is 0.500. The van der Waals surface area contributed by atoms with E-state index in [2.05, 4.69) is 6.92 Å². The summed E-state index contributed by atoms with van der Waals surface area (Å²) in [6, 6.07) is 5.79. The predicted octanol–water partition coefficient (Wildman–Crippen LogP) is 4.08. The number of aryl methyl sites for hydroxylation is 1. The normalized spacial score (nSPS) is 13.1. The zero-order valence-corrected chi connectivity index (χ0v) is 11.5. The number of oxazole rings is 1. The second kappa shape index (κ2) is 5.61. The van der Waals surface area contributed by atoms with E-state index >= 15 is 0 Å². The lowest BCUT2D eigenvalue weighted by Crippen LogP contribution is -2.11. The van der Waals surface area contributed by atoms with E-state index in [0.29, 0.717) is 12.1 Å². The number of fused-ring (bicyclic) bond motifs is 1. The van der Waals surface area contributed by atoms with Crippen molar-refractivity contribution in [3.05, 3.63) is 34.3 Å². The van der Waals surface area contributed by atoms with Crippen molar-refractivity contribution in [3.63, 3.8) is 0 Å². The zero-order chi connectivity index (χ0) is 13.1. The molecule has 4 heteroatoms. The number of benzene rings is 1. The van der Waals surface area contributed by atoms with Gasteiger partial charge in [-0.25, -0.2) is 4.79 Å². The first-order chi connectivity index (χ1) is 8.67. The Balaban J connectivity index is 2.36. The van der Waals surface area contributed by atoms with E-state index in [4.69, 9.17) is 16.0 Å². The van der Waals surface area contributed by atoms with Crippen LogP contribution < -0.4 is 5.76 Å². The Morgan fingerprint density at radius 2 is 2.17 bits per heavy atom. The average Bonchev–Trinajstić information content (AvgIpc) is 2.69. The Morgan fingerprint density at radius 1 is 1.39 bits per heavy atom. The minimum absolute atomic E-state index is 0.00960. The molecule has 1 heterocycles. The van der Waals surface area contributed by atoms with Crippen LogP contribution in [0.2, 0.25) is 0 Å². The van der Waals surface area contributed by atoms with Crippen LogP contribution in [0.25, 0.3) is 11.1 Å². The number of halogens is 1. The molecule has 0 N–H and O–H groups in total. The van der Waals surface area contributed by atoms with Gasteiger partial charge in [-0.2, -0.15) is 0 Å². The third-order valence-electron chi connectivity index (χ3n) is 3.18. The van der Waals surface area contributed by atoms with E-state index in [1.165, 1.54) is 0 Å². The minimum atomic E-state index is -0.302. The van der Waals surface area contributed by atoms with Crippen molar-refractivity contribution in [1.29, 1.82) is 0 Å². The SMILES string of the molecule is CCCCC(Cl)c1ccc2c(c1)oc(=O)n2CC. The molecule has 1 atom stereocenters. The molecule has 0 aliphatic rings. The Kier molecular flexibility index (Phi) is 4.12. The molecule has 0 aliphatic heterocycles. The maximum Gasteiger partial charge on any atom is 0.419 e. The lowest BCUT2D eigenvalue weighted by molar-refractivity contribution is 0.513. The van der Waals surface area contributed by atoms with Crippen molar-refractivity contribution in [2.75, 3.05) is 0 Å². The fourth-order valence-electron chi connectivity index (χ4n) is 2.13. The monoisotopic (exact) mass is 267 g/mol. The molecule has 0 fully saturated rings. The summed E-state index contributed by atoms with van der Waals surface area (Å²) in [7, 11) is 0. The summed E-state index contributed by atoms with van der Waals surface area (Å²) in [5.74, 6) is -0.302. The van der Waals surface area contributed by atoms with Crippen LogP contribution in [0.1, 0.15) is 44.1 Å². The summed E-state index contributed by atoms with van der Waals surface area (Å²) < 4.78 is 6.85. The van der Waals surface area contributed by atoms with E-state index in [-0.39, 0.29) is 11.1 Å². The maximum absolute atomic E-state index is 11.6. The summed E-state index contributed by atoms with van der Waals surface area (Å²) in [5, 5.41) is -0.00960. The van der Waals surface area contributed by atoms with Gasteiger partial charge in [-0.1, -0.05) is 25.8 Å². The number of hydrogen-bond donors (Lipinski definition) is 0. The smallest absolute Gasteiger partial charge is 0.408 e. The topological polar surface area (TPSA) is 35.1 Å². The van der Waals surface area contributed by atoms with Gasteiger partial charge in [-0.3, -0.25) is 4.57 Å². The van der Waals surface area contributed by atoms with E-state index in [1.807, 2.05) is 25.1 Å². The number of alkyl halides is 1. The molecule has 0 amide bonds. The summed E-state index contributed by atoms with van der Waals surface area (Å²) >= 11 is 6.34. The van der Waals surface area contributed by atoms with Crippen LogP contribution in [0.15, 0.2) is 27.4 Å². The lowest BCUT2D eigenvalue weighted by Gasteiger charge is -2.08. The molecular formula is C14H18ClNO2. The molecule has 0 saturated heterocycles. The van der Waals surface area contributed by atoms with Crippen LogP contribution in [0, 0.1) is 0 Å². The van der Waals surface area contributed by atoms with Gasteiger partial charge in [0, 0.05) is 6.54 Å². The Hall–Kier alpha value is -1.22. The van der Waals surface area contributed by atoms with Gasteiger partial charge in [-0.15, -0.1) is 11.6 Å². The van der Waals surface area contributed by atoms with E-state index < -0.39 is 0 Å². The second-order valence-electron chi connectivity index (χ2n) is 4.45. The molecule has 0 bridgehead atoms. The van der Waals surface area contributed by atoms with Crippen molar-refractivity contribution in [3.8, 4) is 0 Å². The Labute approximate surface area is 111 Å². The third kappa shape index (κ3) is 2.46. The van der Waals surface area contributed by atoms with Gasteiger partial charge in [0.1, 0.15) is 0 Å². The zero-order valence-electron chi connectivity index (χ0n) is 10.8. The third-order valence-corrected chi connectivity index (χ3v) is 3.65. The molecule has 1 unspecified atom stereocenters. The van der Waals surface area contributed by atoms with Gasteiger partial charge in [-0.05, 0) is 31.0 Å². The van der Waals surface area contributed by atoms with Gasteiger partial charge in [0.2, 0.25) is 0 Å². The van der Waals surface area contributed by atoms with E-state index in [1.54, 1.807) is 4.57 Å². The molecule has 0 radical (unpaired) electrons. The van der Waals surface area contributed by atoms with Crippen molar-refractivity contribution in [2.45, 2.75) is 45.0 Å². The first kappa shape index (κ1) is 13.2. The van der Waals surface area contributed by atoms with Crippen molar-refractivity contribution < 1.29 is 4.42 Å². The first-order valence-electron chi connectivity index (χ1n) is 6.44. The van der Waals surface area contributed by atoms with E-state index in [0.717, 1.165) is 30.3 Å². The van der Waals surface area contributed by atoms with Gasteiger partial charge in [0.15, 0.2) is 5.58 Å². The summed E-state index contributed by atoms with van der Waals surface area (Å²) in [6.07, 6.45) is 3.18. The molecule has 2 aromatic rings. The molecule has 1 aromatic heterocycles. The molecule has 0 saturated carbocycles. The van der Waals surface area contributed by atoms with Gasteiger partial charge in [0.05, 0.1) is 10.9 Å². The van der Waals surface area contributed by atoms with Crippen LogP contribution in [0.5, 0.6) is 0 Å². The van der Waals surface area contributed by atoms with Gasteiger partial charge in [0.25, 0.3) is 0 Å². The number of rotatable bonds is 5. The number of aromatic nitrogens is 1. The quantitative estimate of drug-likeness (QED) is 0.765. The summed E-state index contributed by atoms with van der Waals surface area (Å²) in [4.78, 5) is 11.6. The molecule has 1 aromatic carbocycles. The number of hydrogen-bond acceptors (Lipinski definition) is 2. The highest BCUT2D eigenvalue weighted by atomic mass is 35.5. The Morgan fingerprint density at radius 3 is 2.83 bits per heavy atom. The highest BCUT2D eigenvalue weighted by molar-refractivity contribution is 6.20. The molecule has 0 spiro atoms.